The molecule has 0 aliphatic carbocycles. The number of nitrogen functional groups attached to an aromatic ring is 1. The van der Waals surface area contributed by atoms with Crippen molar-refractivity contribution in [1.82, 2.24) is 30.1 Å². The Kier molecular flexibility index (Phi) is 8.86. The first kappa shape index (κ1) is 34.0. The number of pyridine rings is 1. The van der Waals surface area contributed by atoms with E-state index >= 15 is 0 Å². The molecule has 53 heavy (non-hydrogen) atoms. The maximum absolute atomic E-state index is 14.6. The molecule has 8 rings (SSSR count). The number of rotatable bonds is 9. The Morgan fingerprint density at radius 2 is 1.77 bits per heavy atom. The highest BCUT2D eigenvalue weighted by atomic mass is 19.1. The fourth-order valence-electron chi connectivity index (χ4n) is 7.65. The van der Waals surface area contributed by atoms with Crippen molar-refractivity contribution in [2.45, 2.75) is 44.7 Å². The standard InChI is InChI=1S/C38H38FN9O5/c39-24-6-4-8-27-32(24)34(40)33(37(52)44-27)35-42-26-11-10-21(19-28(26)43-35)47-17-15-46(16-18-47)14-2-1-9-30(49)41-25-7-3-5-22-23(25)20-48(38(22)53)29-12-13-31(50)45-36(29)51/h3-8,10-11,19,29H,1-2,9,12-18,20H2,(H,41,49)(H,42,43)(H3,40,44,52)(H,45,50,51). The number of amides is 4. The van der Waals surface area contributed by atoms with E-state index < -0.39 is 23.3 Å². The Bertz CT molecular complexity index is 2360. The van der Waals surface area contributed by atoms with Crippen molar-refractivity contribution in [3.63, 3.8) is 0 Å². The molecule has 6 N–H and O–H groups in total. The second kappa shape index (κ2) is 13.8. The highest BCUT2D eigenvalue weighted by Gasteiger charge is 2.40. The molecule has 1 unspecified atom stereocenters. The number of hydrogen-bond acceptors (Lipinski definition) is 9. The number of carbonyl (C=O) groups excluding carboxylic acids is 4. The number of benzene rings is 3. The molecule has 2 aromatic heterocycles. The number of carbonyl (C=O) groups is 4. The number of imidazole rings is 1. The third-order valence-electron chi connectivity index (χ3n) is 10.5. The summed E-state index contributed by atoms with van der Waals surface area (Å²) in [6.07, 6.45) is 2.36. The summed E-state index contributed by atoms with van der Waals surface area (Å²) in [6.45, 7) is 4.42. The maximum Gasteiger partial charge on any atom is 0.261 e. The Hall–Kier alpha value is -6.09. The largest absolute Gasteiger partial charge is 0.397 e. The van der Waals surface area contributed by atoms with Crippen LogP contribution in [0.4, 0.5) is 21.5 Å². The molecule has 272 valence electrons. The first-order valence-electron chi connectivity index (χ1n) is 17.8. The van der Waals surface area contributed by atoms with E-state index in [0.717, 1.165) is 50.3 Å². The summed E-state index contributed by atoms with van der Waals surface area (Å²) in [6, 6.07) is 14.8. The number of nitrogens with zero attached hydrogens (tertiary/aromatic N) is 4. The number of halogens is 1. The van der Waals surface area contributed by atoms with E-state index in [1.165, 1.54) is 17.0 Å². The Morgan fingerprint density at radius 3 is 2.58 bits per heavy atom. The fraction of sp³-hybridized carbons (Fsp3) is 0.316. The van der Waals surface area contributed by atoms with E-state index in [1.807, 2.05) is 18.2 Å². The lowest BCUT2D eigenvalue weighted by atomic mass is 10.0. The van der Waals surface area contributed by atoms with Crippen molar-refractivity contribution in [2.75, 3.05) is 48.7 Å². The molecule has 14 nitrogen and oxygen atoms in total. The van der Waals surface area contributed by atoms with Gasteiger partial charge in [0.1, 0.15) is 23.2 Å². The predicted octanol–water partition coefficient (Wildman–Crippen LogP) is 3.48. The Morgan fingerprint density at radius 1 is 0.962 bits per heavy atom. The molecule has 0 bridgehead atoms. The molecule has 2 fully saturated rings. The number of anilines is 3. The highest BCUT2D eigenvalue weighted by Crippen LogP contribution is 2.33. The molecule has 4 amide bonds. The molecule has 0 spiro atoms. The molecule has 5 aromatic rings. The van der Waals surface area contributed by atoms with Crippen LogP contribution in [-0.4, -0.2) is 87.1 Å². The maximum atomic E-state index is 14.6. The van der Waals surface area contributed by atoms with Gasteiger partial charge in [0.25, 0.3) is 11.5 Å². The molecule has 0 saturated carbocycles. The summed E-state index contributed by atoms with van der Waals surface area (Å²) in [4.78, 5) is 79.6. The molecule has 0 radical (unpaired) electrons. The van der Waals surface area contributed by atoms with Gasteiger partial charge in [-0.15, -0.1) is 0 Å². The molecule has 15 heteroatoms. The van der Waals surface area contributed by atoms with Gasteiger partial charge in [0.2, 0.25) is 17.7 Å². The van der Waals surface area contributed by atoms with Crippen molar-refractivity contribution in [2.24, 2.45) is 0 Å². The second-order valence-electron chi connectivity index (χ2n) is 13.8. The van der Waals surface area contributed by atoms with Gasteiger partial charge < -0.3 is 30.8 Å². The topological polar surface area (TPSA) is 190 Å². The zero-order chi connectivity index (χ0) is 36.8. The Balaban J connectivity index is 0.822. The van der Waals surface area contributed by atoms with E-state index in [1.54, 1.807) is 24.3 Å². The molecule has 3 aliphatic heterocycles. The van der Waals surface area contributed by atoms with Crippen molar-refractivity contribution < 1.29 is 23.6 Å². The summed E-state index contributed by atoms with van der Waals surface area (Å²) in [5.41, 5.74) is 10.4. The van der Waals surface area contributed by atoms with Crippen LogP contribution in [0.2, 0.25) is 0 Å². The summed E-state index contributed by atoms with van der Waals surface area (Å²) in [5.74, 6) is -1.46. The number of aromatic amines is 2. The van der Waals surface area contributed by atoms with Gasteiger partial charge in [-0.1, -0.05) is 12.1 Å². The first-order chi connectivity index (χ1) is 25.6. The monoisotopic (exact) mass is 719 g/mol. The van der Waals surface area contributed by atoms with Crippen molar-refractivity contribution >= 4 is 62.6 Å². The van der Waals surface area contributed by atoms with Gasteiger partial charge in [-0.05, 0) is 68.3 Å². The molecule has 5 heterocycles. The first-order valence-corrected chi connectivity index (χ1v) is 17.8. The normalized spacial score (nSPS) is 17.8. The fourth-order valence-corrected chi connectivity index (χ4v) is 7.65. The summed E-state index contributed by atoms with van der Waals surface area (Å²) < 4.78 is 14.6. The lowest BCUT2D eigenvalue weighted by molar-refractivity contribution is -0.137. The lowest BCUT2D eigenvalue weighted by Crippen LogP contribution is -2.52. The van der Waals surface area contributed by atoms with Crippen LogP contribution in [0.1, 0.15) is 48.0 Å². The number of hydrogen-bond donors (Lipinski definition) is 5. The average Bonchev–Trinajstić information content (AvgIpc) is 3.71. The number of fused-ring (bicyclic) bond motifs is 3. The summed E-state index contributed by atoms with van der Waals surface area (Å²) >= 11 is 0. The molecule has 3 aliphatic rings. The summed E-state index contributed by atoms with van der Waals surface area (Å²) in [5, 5.41) is 5.43. The summed E-state index contributed by atoms with van der Waals surface area (Å²) in [7, 11) is 0. The average molecular weight is 720 g/mol. The van der Waals surface area contributed by atoms with Gasteiger partial charge >= 0.3 is 0 Å². The second-order valence-corrected chi connectivity index (χ2v) is 13.8. The van der Waals surface area contributed by atoms with Gasteiger partial charge in [0.05, 0.1) is 27.6 Å². The Labute approximate surface area is 302 Å². The highest BCUT2D eigenvalue weighted by molar-refractivity contribution is 6.07. The minimum atomic E-state index is -0.713. The third-order valence-corrected chi connectivity index (χ3v) is 10.5. The zero-order valence-electron chi connectivity index (χ0n) is 28.8. The SMILES string of the molecule is Nc1c(-c2nc3ccc(N4CCN(CCCCC(=O)Nc5cccc6c5CN(C5CCC(=O)NC5=O)C6=O)CC4)cc3[nH]2)c(=O)[nH]c2cccc(F)c12. The number of aromatic nitrogens is 3. The van der Waals surface area contributed by atoms with Gasteiger partial charge in [-0.3, -0.25) is 34.2 Å². The van der Waals surface area contributed by atoms with E-state index in [9.17, 15) is 28.4 Å². The van der Waals surface area contributed by atoms with Crippen molar-refractivity contribution in [3.05, 3.63) is 81.9 Å². The van der Waals surface area contributed by atoms with Crippen LogP contribution in [0.25, 0.3) is 33.3 Å². The number of H-pyrrole nitrogens is 2. The van der Waals surface area contributed by atoms with Crippen LogP contribution < -0.4 is 26.8 Å². The van der Waals surface area contributed by atoms with Crippen LogP contribution in [0.15, 0.2) is 59.4 Å². The molecule has 2 saturated heterocycles. The minimum absolute atomic E-state index is 0.0371. The predicted molar refractivity (Wildman–Crippen MR) is 198 cm³/mol. The quantitative estimate of drug-likeness (QED) is 0.112. The molecule has 1 atom stereocenters. The number of imide groups is 1. The number of nitrogens with two attached hydrogens (primary N) is 1. The van der Waals surface area contributed by atoms with Gasteiger partial charge in [-0.25, -0.2) is 9.37 Å². The van der Waals surface area contributed by atoms with Gasteiger partial charge in [0.15, 0.2) is 0 Å². The van der Waals surface area contributed by atoms with E-state index in [2.05, 4.69) is 35.4 Å². The number of piperazine rings is 1. The van der Waals surface area contributed by atoms with Crippen molar-refractivity contribution in [1.29, 1.82) is 0 Å². The molecule has 3 aromatic carbocycles. The third kappa shape index (κ3) is 6.48. The van der Waals surface area contributed by atoms with E-state index in [0.29, 0.717) is 40.7 Å². The van der Waals surface area contributed by atoms with Crippen LogP contribution in [0, 0.1) is 5.82 Å². The number of piperidine rings is 1. The van der Waals surface area contributed by atoms with Crippen LogP contribution in [0.3, 0.4) is 0 Å². The number of nitrogens with one attached hydrogen (secondary N) is 4. The smallest absolute Gasteiger partial charge is 0.261 e. The van der Waals surface area contributed by atoms with Crippen molar-refractivity contribution in [3.8, 4) is 11.4 Å². The lowest BCUT2D eigenvalue weighted by Gasteiger charge is -2.36. The molecular weight excluding hydrogens is 681 g/mol. The number of unbranched alkanes of at least 4 members (excludes halogenated alkanes) is 1. The van der Waals surface area contributed by atoms with Gasteiger partial charge in [0, 0.05) is 68.1 Å². The van der Waals surface area contributed by atoms with Gasteiger partial charge in [-0.2, -0.15) is 0 Å². The minimum Gasteiger partial charge on any atom is -0.397 e. The van der Waals surface area contributed by atoms with Crippen LogP contribution in [0.5, 0.6) is 0 Å². The molecular formula is C38H38FN9O5. The van der Waals surface area contributed by atoms with E-state index in [-0.39, 0.29) is 59.6 Å². The van der Waals surface area contributed by atoms with E-state index in [4.69, 9.17) is 5.73 Å². The van der Waals surface area contributed by atoms with Crippen LogP contribution >= 0.6 is 0 Å². The van der Waals surface area contributed by atoms with Crippen LogP contribution in [-0.2, 0) is 20.9 Å². The zero-order valence-corrected chi connectivity index (χ0v) is 28.8.